The first-order valence-electron chi connectivity index (χ1n) is 4.75. The molecule has 13 heavy (non-hydrogen) atoms. The third kappa shape index (κ3) is 1.85. The Labute approximate surface area is 80.8 Å². The fraction of sp³-hybridized carbons (Fsp3) is 0.500. The normalized spacial score (nSPS) is 27.7. The van der Waals surface area contributed by atoms with Gasteiger partial charge in [-0.3, -0.25) is 0 Å². The number of ether oxygens (including phenoxy) is 1. The third-order valence-electron chi connectivity index (χ3n) is 3.00. The quantitative estimate of drug-likeness (QED) is 0.629. The average Bonchev–Trinajstić information content (AvgIpc) is 2.29. The van der Waals surface area contributed by atoms with Crippen molar-refractivity contribution < 1.29 is 4.74 Å². The molecule has 0 saturated heterocycles. The number of methoxy groups -OCH3 is 1. The molecule has 1 aliphatic carbocycles. The van der Waals surface area contributed by atoms with Gasteiger partial charge in [0, 0.05) is 5.41 Å². The van der Waals surface area contributed by atoms with Crippen molar-refractivity contribution in [3.8, 4) is 0 Å². The van der Waals surface area contributed by atoms with Crippen LogP contribution in [0.25, 0.3) is 0 Å². The first-order valence-corrected chi connectivity index (χ1v) is 4.75. The molecule has 0 amide bonds. The number of hydrogen-bond acceptors (Lipinski definition) is 1. The Kier molecular flexibility index (Phi) is 2.97. The smallest absolute Gasteiger partial charge is 0.118 e. The summed E-state index contributed by atoms with van der Waals surface area (Å²) in [6.45, 7) is 6.58. The van der Waals surface area contributed by atoms with Crippen LogP contribution in [0.2, 0.25) is 0 Å². The predicted molar refractivity (Wildman–Crippen MR) is 56.4 cm³/mol. The number of rotatable bonds is 2. The summed E-state index contributed by atoms with van der Waals surface area (Å²) in [5, 5.41) is 0. The van der Waals surface area contributed by atoms with E-state index in [9.17, 15) is 0 Å². The molecule has 0 aliphatic heterocycles. The summed E-state index contributed by atoms with van der Waals surface area (Å²) in [4.78, 5) is 0. The molecule has 0 radical (unpaired) electrons. The summed E-state index contributed by atoms with van der Waals surface area (Å²) in [6, 6.07) is 0. The van der Waals surface area contributed by atoms with Gasteiger partial charge in [0.05, 0.1) is 7.11 Å². The summed E-state index contributed by atoms with van der Waals surface area (Å²) >= 11 is 0. The summed E-state index contributed by atoms with van der Waals surface area (Å²) in [7, 11) is 1.73. The lowest BCUT2D eigenvalue weighted by molar-refractivity contribution is 0.291. The minimum Gasteiger partial charge on any atom is -0.497 e. The van der Waals surface area contributed by atoms with Gasteiger partial charge < -0.3 is 4.74 Å². The molecule has 0 aromatic rings. The Hall–Kier alpha value is -0.980. The second-order valence-corrected chi connectivity index (χ2v) is 3.68. The molecule has 1 heteroatoms. The van der Waals surface area contributed by atoms with Gasteiger partial charge in [0.15, 0.2) is 0 Å². The Morgan fingerprint density at radius 1 is 1.38 bits per heavy atom. The van der Waals surface area contributed by atoms with Crippen LogP contribution in [0.5, 0.6) is 0 Å². The molecule has 0 N–H and O–H groups in total. The Bertz CT molecular complexity index is 271. The molecule has 72 valence electrons. The van der Waals surface area contributed by atoms with E-state index in [0.29, 0.717) is 0 Å². The first-order chi connectivity index (χ1) is 6.14. The number of allylic oxidation sites excluding steroid dienone is 5. The van der Waals surface area contributed by atoms with E-state index in [2.05, 4.69) is 32.9 Å². The van der Waals surface area contributed by atoms with Crippen molar-refractivity contribution in [1.29, 1.82) is 0 Å². The monoisotopic (exact) mass is 178 g/mol. The van der Waals surface area contributed by atoms with Crippen molar-refractivity contribution >= 4 is 0 Å². The van der Waals surface area contributed by atoms with Crippen molar-refractivity contribution in [1.82, 2.24) is 0 Å². The lowest BCUT2D eigenvalue weighted by Crippen LogP contribution is -2.14. The highest BCUT2D eigenvalue weighted by Gasteiger charge is 2.24. The van der Waals surface area contributed by atoms with Gasteiger partial charge in [-0.2, -0.15) is 0 Å². The maximum absolute atomic E-state index is 5.33. The average molecular weight is 178 g/mol. The maximum Gasteiger partial charge on any atom is 0.118 e. The van der Waals surface area contributed by atoms with E-state index in [-0.39, 0.29) is 5.41 Å². The third-order valence-corrected chi connectivity index (χ3v) is 3.00. The SMILES string of the molecule is CCC1(C)C=CC=CC(OC)=C1C. The van der Waals surface area contributed by atoms with E-state index in [1.807, 2.05) is 12.2 Å². The van der Waals surface area contributed by atoms with Crippen molar-refractivity contribution in [2.75, 3.05) is 7.11 Å². The van der Waals surface area contributed by atoms with Crippen molar-refractivity contribution in [2.45, 2.75) is 27.2 Å². The molecule has 1 atom stereocenters. The topological polar surface area (TPSA) is 9.23 Å². The van der Waals surface area contributed by atoms with Gasteiger partial charge in [0.2, 0.25) is 0 Å². The summed E-state index contributed by atoms with van der Waals surface area (Å²) in [6.07, 6.45) is 9.49. The van der Waals surface area contributed by atoms with Crippen molar-refractivity contribution in [3.05, 3.63) is 35.6 Å². The van der Waals surface area contributed by atoms with Gasteiger partial charge in [-0.25, -0.2) is 0 Å². The summed E-state index contributed by atoms with van der Waals surface area (Å²) in [5.41, 5.74) is 1.46. The van der Waals surface area contributed by atoms with Gasteiger partial charge in [0.25, 0.3) is 0 Å². The van der Waals surface area contributed by atoms with Crippen LogP contribution in [0.15, 0.2) is 35.6 Å². The highest BCUT2D eigenvalue weighted by Crippen LogP contribution is 2.36. The van der Waals surface area contributed by atoms with E-state index >= 15 is 0 Å². The van der Waals surface area contributed by atoms with E-state index in [0.717, 1.165) is 12.2 Å². The zero-order valence-electron chi connectivity index (χ0n) is 8.92. The Morgan fingerprint density at radius 2 is 2.08 bits per heavy atom. The highest BCUT2D eigenvalue weighted by atomic mass is 16.5. The van der Waals surface area contributed by atoms with E-state index in [4.69, 9.17) is 4.74 Å². The predicted octanol–water partition coefficient (Wildman–Crippen LogP) is 3.45. The fourth-order valence-electron chi connectivity index (χ4n) is 1.55. The lowest BCUT2D eigenvalue weighted by Gasteiger charge is -2.26. The zero-order valence-corrected chi connectivity index (χ0v) is 8.92. The zero-order chi connectivity index (χ0) is 9.90. The summed E-state index contributed by atoms with van der Waals surface area (Å²) in [5.74, 6) is 0.995. The number of hydrogen-bond donors (Lipinski definition) is 0. The van der Waals surface area contributed by atoms with Crippen LogP contribution in [0.1, 0.15) is 27.2 Å². The molecule has 0 heterocycles. The summed E-state index contributed by atoms with van der Waals surface area (Å²) < 4.78 is 5.33. The van der Waals surface area contributed by atoms with Crippen molar-refractivity contribution in [2.24, 2.45) is 5.41 Å². The lowest BCUT2D eigenvalue weighted by atomic mass is 9.80. The van der Waals surface area contributed by atoms with E-state index < -0.39 is 0 Å². The molecule has 0 aromatic heterocycles. The first kappa shape index (κ1) is 10.1. The van der Waals surface area contributed by atoms with Crippen LogP contribution < -0.4 is 0 Å². The van der Waals surface area contributed by atoms with Crippen LogP contribution in [0.3, 0.4) is 0 Å². The van der Waals surface area contributed by atoms with E-state index in [1.54, 1.807) is 7.11 Å². The van der Waals surface area contributed by atoms with Crippen LogP contribution in [-0.2, 0) is 4.74 Å². The maximum atomic E-state index is 5.33. The molecule has 0 fully saturated rings. The molecule has 0 aromatic carbocycles. The molecule has 1 aliphatic rings. The molecule has 0 bridgehead atoms. The van der Waals surface area contributed by atoms with Crippen LogP contribution in [0.4, 0.5) is 0 Å². The minimum atomic E-state index is 0.148. The largest absolute Gasteiger partial charge is 0.497 e. The minimum absolute atomic E-state index is 0.148. The van der Waals surface area contributed by atoms with Gasteiger partial charge >= 0.3 is 0 Å². The standard InChI is InChI=1S/C12H18O/c1-5-12(3)9-7-6-8-11(13-4)10(12)2/h6-9H,5H2,1-4H3. The molecule has 0 saturated carbocycles. The molecular weight excluding hydrogens is 160 g/mol. The second kappa shape index (κ2) is 3.82. The fourth-order valence-corrected chi connectivity index (χ4v) is 1.55. The Morgan fingerprint density at radius 3 is 2.62 bits per heavy atom. The Balaban J connectivity index is 3.13. The molecule has 1 unspecified atom stereocenters. The van der Waals surface area contributed by atoms with Crippen LogP contribution >= 0.6 is 0 Å². The van der Waals surface area contributed by atoms with Gasteiger partial charge in [-0.05, 0) is 25.0 Å². The molecule has 1 rings (SSSR count). The van der Waals surface area contributed by atoms with Crippen LogP contribution in [0, 0.1) is 5.41 Å². The molecule has 1 nitrogen and oxygen atoms in total. The van der Waals surface area contributed by atoms with E-state index in [1.165, 1.54) is 5.57 Å². The van der Waals surface area contributed by atoms with Gasteiger partial charge in [0.1, 0.15) is 5.76 Å². The van der Waals surface area contributed by atoms with Gasteiger partial charge in [-0.15, -0.1) is 0 Å². The molecule has 0 spiro atoms. The van der Waals surface area contributed by atoms with Crippen molar-refractivity contribution in [3.63, 3.8) is 0 Å². The second-order valence-electron chi connectivity index (χ2n) is 3.68. The highest BCUT2D eigenvalue weighted by molar-refractivity contribution is 5.33. The van der Waals surface area contributed by atoms with Gasteiger partial charge in [-0.1, -0.05) is 32.1 Å². The molecular formula is C12H18O. The van der Waals surface area contributed by atoms with Crippen LogP contribution in [-0.4, -0.2) is 7.11 Å².